The number of hydrogen-bond donors (Lipinski definition) is 1. The lowest BCUT2D eigenvalue weighted by molar-refractivity contribution is 0.274. The second-order valence-corrected chi connectivity index (χ2v) is 5.09. The van der Waals surface area contributed by atoms with Crippen LogP contribution in [0.1, 0.15) is 27.7 Å². The molecule has 0 saturated carbocycles. The molecule has 1 aromatic rings. The van der Waals surface area contributed by atoms with Crippen LogP contribution in [0.25, 0.3) is 0 Å². The summed E-state index contributed by atoms with van der Waals surface area (Å²) in [6, 6.07) is 0. The van der Waals surface area contributed by atoms with Crippen molar-refractivity contribution in [3.05, 3.63) is 12.4 Å². The van der Waals surface area contributed by atoms with Gasteiger partial charge in [0.25, 0.3) is 0 Å². The summed E-state index contributed by atoms with van der Waals surface area (Å²) in [5, 5.41) is 3.22. The zero-order valence-electron chi connectivity index (χ0n) is 10.7. The van der Waals surface area contributed by atoms with Crippen LogP contribution in [0.5, 0.6) is 5.75 Å². The summed E-state index contributed by atoms with van der Waals surface area (Å²) in [5.41, 5.74) is 0.291. The minimum Gasteiger partial charge on any atom is -0.494 e. The van der Waals surface area contributed by atoms with Gasteiger partial charge in [-0.3, -0.25) is 0 Å². The van der Waals surface area contributed by atoms with Gasteiger partial charge in [-0.1, -0.05) is 27.7 Å². The quantitative estimate of drug-likeness (QED) is 0.852. The highest BCUT2D eigenvalue weighted by Crippen LogP contribution is 2.25. The Morgan fingerprint density at radius 1 is 1.31 bits per heavy atom. The second kappa shape index (κ2) is 5.14. The Morgan fingerprint density at radius 2 is 1.88 bits per heavy atom. The number of ether oxygens (including phenoxy) is 1. The molecule has 0 bridgehead atoms. The summed E-state index contributed by atoms with van der Waals surface area (Å²) in [4.78, 5) is 8.31. The number of aromatic nitrogens is 2. The Labute approximate surface area is 97.5 Å². The molecule has 0 radical (unpaired) electrons. The third-order valence-electron chi connectivity index (χ3n) is 2.91. The summed E-state index contributed by atoms with van der Waals surface area (Å²) < 4.78 is 5.00. The van der Waals surface area contributed by atoms with Gasteiger partial charge in [-0.25, -0.2) is 9.97 Å². The molecule has 0 aliphatic heterocycles. The van der Waals surface area contributed by atoms with Gasteiger partial charge in [0.05, 0.1) is 19.5 Å². The zero-order valence-corrected chi connectivity index (χ0v) is 10.7. The highest BCUT2D eigenvalue weighted by molar-refractivity contribution is 5.26. The van der Waals surface area contributed by atoms with Crippen molar-refractivity contribution in [2.24, 2.45) is 11.3 Å². The maximum Gasteiger partial charge on any atom is 0.222 e. The lowest BCUT2D eigenvalue weighted by Gasteiger charge is -2.27. The van der Waals surface area contributed by atoms with E-state index in [0.29, 0.717) is 23.0 Å². The molecule has 0 aliphatic carbocycles. The molecular formula is C12H21N3O. The molecule has 0 aliphatic rings. The van der Waals surface area contributed by atoms with E-state index in [0.717, 1.165) is 6.54 Å². The van der Waals surface area contributed by atoms with Crippen molar-refractivity contribution in [3.8, 4) is 5.75 Å². The minimum atomic E-state index is 0.291. The molecule has 4 heteroatoms. The third-order valence-corrected chi connectivity index (χ3v) is 2.91. The highest BCUT2D eigenvalue weighted by atomic mass is 16.5. The predicted molar refractivity (Wildman–Crippen MR) is 65.7 cm³/mol. The van der Waals surface area contributed by atoms with E-state index in [1.165, 1.54) is 0 Å². The van der Waals surface area contributed by atoms with Gasteiger partial charge >= 0.3 is 0 Å². The summed E-state index contributed by atoms with van der Waals surface area (Å²) in [7, 11) is 1.60. The molecule has 90 valence electrons. The summed E-state index contributed by atoms with van der Waals surface area (Å²) in [6.07, 6.45) is 3.33. The fraction of sp³-hybridized carbons (Fsp3) is 0.667. The van der Waals surface area contributed by atoms with Gasteiger partial charge in [0.2, 0.25) is 5.95 Å². The van der Waals surface area contributed by atoms with E-state index in [-0.39, 0.29) is 0 Å². The van der Waals surface area contributed by atoms with Crippen LogP contribution in [-0.2, 0) is 0 Å². The molecular weight excluding hydrogens is 202 g/mol. The van der Waals surface area contributed by atoms with Gasteiger partial charge in [0, 0.05) is 6.54 Å². The Hall–Kier alpha value is -1.32. The largest absolute Gasteiger partial charge is 0.494 e. The lowest BCUT2D eigenvalue weighted by atomic mass is 9.82. The van der Waals surface area contributed by atoms with Crippen LogP contribution < -0.4 is 10.1 Å². The molecule has 1 unspecified atom stereocenters. The molecule has 0 fully saturated rings. The molecule has 0 aromatic carbocycles. The fourth-order valence-electron chi connectivity index (χ4n) is 1.06. The second-order valence-electron chi connectivity index (χ2n) is 5.09. The first kappa shape index (κ1) is 12.7. The van der Waals surface area contributed by atoms with Crippen molar-refractivity contribution < 1.29 is 4.74 Å². The van der Waals surface area contributed by atoms with E-state index in [1.807, 2.05) is 0 Å². The van der Waals surface area contributed by atoms with Gasteiger partial charge in [0.15, 0.2) is 5.75 Å². The first-order valence-electron chi connectivity index (χ1n) is 5.53. The zero-order chi connectivity index (χ0) is 12.2. The van der Waals surface area contributed by atoms with Crippen LogP contribution >= 0.6 is 0 Å². The van der Waals surface area contributed by atoms with Crippen molar-refractivity contribution >= 4 is 5.95 Å². The summed E-state index contributed by atoms with van der Waals surface area (Å²) in [6.45, 7) is 9.78. The third kappa shape index (κ3) is 3.68. The number of nitrogens with zero attached hydrogens (tertiary/aromatic N) is 2. The van der Waals surface area contributed by atoms with Crippen LogP contribution in [0.2, 0.25) is 0 Å². The van der Waals surface area contributed by atoms with Crippen molar-refractivity contribution in [3.63, 3.8) is 0 Å². The van der Waals surface area contributed by atoms with Crippen molar-refractivity contribution in [2.45, 2.75) is 27.7 Å². The average molecular weight is 223 g/mol. The molecule has 1 heterocycles. The Balaban J connectivity index is 2.48. The molecule has 1 N–H and O–H groups in total. The standard InChI is InChI=1S/C12H21N3O/c1-9(12(2,3)4)6-13-11-14-7-10(16-5)8-15-11/h7-9H,6H2,1-5H3,(H,13,14,15). The maximum atomic E-state index is 5.00. The highest BCUT2D eigenvalue weighted by Gasteiger charge is 2.19. The number of nitrogens with one attached hydrogen (secondary N) is 1. The van der Waals surface area contributed by atoms with Gasteiger partial charge in [-0.15, -0.1) is 0 Å². The smallest absolute Gasteiger partial charge is 0.222 e. The SMILES string of the molecule is COc1cnc(NCC(C)C(C)(C)C)nc1. The Kier molecular flexibility index (Phi) is 4.10. The number of methoxy groups -OCH3 is 1. The molecule has 0 spiro atoms. The minimum absolute atomic E-state index is 0.291. The number of hydrogen-bond acceptors (Lipinski definition) is 4. The number of anilines is 1. The summed E-state index contributed by atoms with van der Waals surface area (Å²) >= 11 is 0. The number of rotatable bonds is 4. The first-order valence-corrected chi connectivity index (χ1v) is 5.53. The van der Waals surface area contributed by atoms with Gasteiger partial charge < -0.3 is 10.1 Å². The van der Waals surface area contributed by atoms with Crippen LogP contribution in [0, 0.1) is 11.3 Å². The van der Waals surface area contributed by atoms with Crippen LogP contribution in [0.3, 0.4) is 0 Å². The van der Waals surface area contributed by atoms with Crippen molar-refractivity contribution in [1.82, 2.24) is 9.97 Å². The van der Waals surface area contributed by atoms with E-state index < -0.39 is 0 Å². The van der Waals surface area contributed by atoms with Gasteiger partial charge in [-0.05, 0) is 11.3 Å². The molecule has 16 heavy (non-hydrogen) atoms. The van der Waals surface area contributed by atoms with E-state index in [1.54, 1.807) is 19.5 Å². The van der Waals surface area contributed by atoms with Crippen LogP contribution in [-0.4, -0.2) is 23.6 Å². The van der Waals surface area contributed by atoms with Crippen molar-refractivity contribution in [1.29, 1.82) is 0 Å². The van der Waals surface area contributed by atoms with E-state index >= 15 is 0 Å². The lowest BCUT2D eigenvalue weighted by Crippen LogP contribution is -2.25. The Bertz CT molecular complexity index is 316. The molecule has 1 atom stereocenters. The molecule has 4 nitrogen and oxygen atoms in total. The Morgan fingerprint density at radius 3 is 2.31 bits per heavy atom. The predicted octanol–water partition coefficient (Wildman–Crippen LogP) is 2.58. The monoisotopic (exact) mass is 223 g/mol. The van der Waals surface area contributed by atoms with E-state index in [9.17, 15) is 0 Å². The molecule has 0 amide bonds. The van der Waals surface area contributed by atoms with Crippen LogP contribution in [0.4, 0.5) is 5.95 Å². The maximum absolute atomic E-state index is 5.00. The van der Waals surface area contributed by atoms with Gasteiger partial charge in [-0.2, -0.15) is 0 Å². The first-order chi connectivity index (χ1) is 7.43. The fourth-order valence-corrected chi connectivity index (χ4v) is 1.06. The molecule has 1 rings (SSSR count). The van der Waals surface area contributed by atoms with E-state index in [2.05, 4.69) is 43.0 Å². The normalized spacial score (nSPS) is 13.3. The molecule has 0 saturated heterocycles. The summed E-state index contributed by atoms with van der Waals surface area (Å²) in [5.74, 6) is 1.88. The van der Waals surface area contributed by atoms with E-state index in [4.69, 9.17) is 4.74 Å². The van der Waals surface area contributed by atoms with Crippen molar-refractivity contribution in [2.75, 3.05) is 19.0 Å². The average Bonchev–Trinajstić information content (AvgIpc) is 2.25. The molecule has 1 aromatic heterocycles. The van der Waals surface area contributed by atoms with Crippen LogP contribution in [0.15, 0.2) is 12.4 Å². The topological polar surface area (TPSA) is 47.0 Å². The van der Waals surface area contributed by atoms with Gasteiger partial charge in [0.1, 0.15) is 0 Å².